The second-order valence-electron chi connectivity index (χ2n) is 6.91. The maximum atomic E-state index is 12.0. The van der Waals surface area contributed by atoms with E-state index in [-0.39, 0.29) is 11.8 Å². The molecule has 0 aliphatic carbocycles. The molecule has 1 aliphatic rings. The second kappa shape index (κ2) is 8.80. The number of fused-ring (bicyclic) bond motifs is 1. The molecule has 1 N–H and O–H groups in total. The minimum Gasteiger partial charge on any atom is -0.356 e. The van der Waals surface area contributed by atoms with Crippen molar-refractivity contribution in [3.05, 3.63) is 11.6 Å². The van der Waals surface area contributed by atoms with Crippen LogP contribution in [0, 0.1) is 5.92 Å². The Kier molecular flexibility index (Phi) is 6.75. The molecule has 2 heterocycles. The van der Waals surface area contributed by atoms with E-state index in [9.17, 15) is 9.59 Å². The van der Waals surface area contributed by atoms with Crippen LogP contribution in [-0.2, 0) is 17.8 Å². The summed E-state index contributed by atoms with van der Waals surface area (Å²) in [6, 6.07) is 0. The average Bonchev–Trinajstić information content (AvgIpc) is 2.94. The van der Waals surface area contributed by atoms with E-state index in [1.165, 1.54) is 12.8 Å². The third kappa shape index (κ3) is 5.04. The van der Waals surface area contributed by atoms with Crippen molar-refractivity contribution in [1.29, 1.82) is 0 Å². The van der Waals surface area contributed by atoms with Crippen molar-refractivity contribution < 1.29 is 9.59 Å². The molecule has 1 aromatic heterocycles. The first kappa shape index (κ1) is 18.4. The van der Waals surface area contributed by atoms with Gasteiger partial charge in [0.15, 0.2) is 0 Å². The Balaban J connectivity index is 1.67. The zero-order valence-electron chi connectivity index (χ0n) is 15.0. The van der Waals surface area contributed by atoms with Crippen molar-refractivity contribution >= 4 is 11.8 Å². The molecular formula is C17H29N5O2. The number of unbranched alkanes of at least 4 members (excludes halogenated alkanes) is 2. The van der Waals surface area contributed by atoms with E-state index in [4.69, 9.17) is 0 Å². The fraction of sp³-hybridized carbons (Fsp3) is 0.765. The first-order chi connectivity index (χ1) is 11.5. The third-order valence-electron chi connectivity index (χ3n) is 4.38. The van der Waals surface area contributed by atoms with Gasteiger partial charge in [-0.15, -0.1) is 10.2 Å². The molecule has 0 atom stereocenters. The van der Waals surface area contributed by atoms with E-state index in [1.807, 2.05) is 4.57 Å². The summed E-state index contributed by atoms with van der Waals surface area (Å²) < 4.78 is 1.86. The maximum Gasteiger partial charge on any atom is 0.291 e. The highest BCUT2D eigenvalue weighted by atomic mass is 16.2. The number of likely N-dealkylation sites (N-methyl/N-ethyl adjacent to an activating group) is 1. The fourth-order valence-corrected chi connectivity index (χ4v) is 2.85. The molecule has 1 aliphatic heterocycles. The smallest absolute Gasteiger partial charge is 0.291 e. The minimum atomic E-state index is -0.0922. The van der Waals surface area contributed by atoms with Gasteiger partial charge in [-0.3, -0.25) is 9.59 Å². The van der Waals surface area contributed by atoms with Crippen molar-refractivity contribution in [1.82, 2.24) is 25.0 Å². The van der Waals surface area contributed by atoms with E-state index in [2.05, 4.69) is 29.4 Å². The predicted octanol–water partition coefficient (Wildman–Crippen LogP) is 1.63. The van der Waals surface area contributed by atoms with Gasteiger partial charge in [0.2, 0.25) is 11.7 Å². The molecule has 0 saturated heterocycles. The highest BCUT2D eigenvalue weighted by Gasteiger charge is 2.26. The topological polar surface area (TPSA) is 80.1 Å². The lowest BCUT2D eigenvalue weighted by Crippen LogP contribution is -2.38. The monoisotopic (exact) mass is 335 g/mol. The quantitative estimate of drug-likeness (QED) is 0.696. The summed E-state index contributed by atoms with van der Waals surface area (Å²) in [4.78, 5) is 25.4. The molecule has 0 fully saturated rings. The van der Waals surface area contributed by atoms with Gasteiger partial charge in [0, 0.05) is 39.5 Å². The van der Waals surface area contributed by atoms with Crippen molar-refractivity contribution in [2.75, 3.05) is 20.1 Å². The van der Waals surface area contributed by atoms with Gasteiger partial charge in [-0.2, -0.15) is 0 Å². The summed E-state index contributed by atoms with van der Waals surface area (Å²) >= 11 is 0. The zero-order valence-corrected chi connectivity index (χ0v) is 15.0. The molecule has 0 saturated carbocycles. The van der Waals surface area contributed by atoms with E-state index < -0.39 is 0 Å². The Hall–Kier alpha value is -1.92. The molecule has 0 spiro atoms. The molecule has 2 rings (SSSR count). The molecule has 0 aromatic carbocycles. The molecule has 0 bridgehead atoms. The lowest BCUT2D eigenvalue weighted by atomic mass is 10.0. The molecule has 2 amide bonds. The van der Waals surface area contributed by atoms with Gasteiger partial charge in [0.25, 0.3) is 5.91 Å². The first-order valence-electron chi connectivity index (χ1n) is 8.93. The number of amides is 2. The van der Waals surface area contributed by atoms with E-state index in [0.717, 1.165) is 24.6 Å². The van der Waals surface area contributed by atoms with Crippen molar-refractivity contribution in [3.8, 4) is 0 Å². The van der Waals surface area contributed by atoms with Gasteiger partial charge < -0.3 is 14.8 Å². The number of aromatic nitrogens is 3. The number of nitrogens with one attached hydrogen (secondary N) is 1. The van der Waals surface area contributed by atoms with Crippen molar-refractivity contribution in [3.63, 3.8) is 0 Å². The van der Waals surface area contributed by atoms with Crippen LogP contribution in [-0.4, -0.2) is 51.6 Å². The molecule has 7 nitrogen and oxygen atoms in total. The minimum absolute atomic E-state index is 0.0914. The molecule has 24 heavy (non-hydrogen) atoms. The molecular weight excluding hydrogens is 306 g/mol. The van der Waals surface area contributed by atoms with Crippen LogP contribution in [0.25, 0.3) is 0 Å². The standard InChI is InChI=1S/C17H29N5O2/c1-13(2)7-5-4-6-8-15(23)18-10-9-14-19-20-16-17(24)21(3)11-12-22(14)16/h13H,4-12H2,1-3H3,(H,18,23). The first-order valence-corrected chi connectivity index (χ1v) is 8.93. The van der Waals surface area contributed by atoms with Crippen LogP contribution in [0.3, 0.4) is 0 Å². The van der Waals surface area contributed by atoms with Crippen molar-refractivity contribution in [2.24, 2.45) is 5.92 Å². The van der Waals surface area contributed by atoms with E-state index in [0.29, 0.717) is 38.3 Å². The lowest BCUT2D eigenvalue weighted by molar-refractivity contribution is -0.121. The van der Waals surface area contributed by atoms with Gasteiger partial charge in [-0.05, 0) is 12.3 Å². The molecule has 134 valence electrons. The second-order valence-corrected chi connectivity index (χ2v) is 6.91. The number of hydrogen-bond acceptors (Lipinski definition) is 4. The lowest BCUT2D eigenvalue weighted by Gasteiger charge is -2.23. The summed E-state index contributed by atoms with van der Waals surface area (Å²) in [5, 5.41) is 11.0. The van der Waals surface area contributed by atoms with Gasteiger partial charge in [0.05, 0.1) is 0 Å². The number of carbonyl (C=O) groups is 2. The van der Waals surface area contributed by atoms with Gasteiger partial charge in [-0.1, -0.05) is 33.1 Å². The Labute approximate surface area is 143 Å². The predicted molar refractivity (Wildman–Crippen MR) is 91.6 cm³/mol. The van der Waals surface area contributed by atoms with Gasteiger partial charge >= 0.3 is 0 Å². The Morgan fingerprint density at radius 2 is 2.00 bits per heavy atom. The number of carbonyl (C=O) groups excluding carboxylic acids is 2. The molecule has 0 unspecified atom stereocenters. The Morgan fingerprint density at radius 1 is 1.21 bits per heavy atom. The van der Waals surface area contributed by atoms with Crippen LogP contribution in [0.15, 0.2) is 0 Å². The van der Waals surface area contributed by atoms with E-state index >= 15 is 0 Å². The SMILES string of the molecule is CC(C)CCCCCC(=O)NCCc1nnc2n1CCN(C)C2=O. The van der Waals surface area contributed by atoms with E-state index in [1.54, 1.807) is 11.9 Å². The fourth-order valence-electron chi connectivity index (χ4n) is 2.85. The van der Waals surface area contributed by atoms with Crippen LogP contribution in [0.2, 0.25) is 0 Å². The summed E-state index contributed by atoms with van der Waals surface area (Å²) in [5.41, 5.74) is 0. The maximum absolute atomic E-state index is 12.0. The highest BCUT2D eigenvalue weighted by Crippen LogP contribution is 2.11. The van der Waals surface area contributed by atoms with Crippen molar-refractivity contribution in [2.45, 2.75) is 58.9 Å². The van der Waals surface area contributed by atoms with Gasteiger partial charge in [-0.25, -0.2) is 0 Å². The highest BCUT2D eigenvalue weighted by molar-refractivity contribution is 5.91. The van der Waals surface area contributed by atoms with Crippen LogP contribution in [0.5, 0.6) is 0 Å². The zero-order chi connectivity index (χ0) is 17.5. The normalized spacial score (nSPS) is 14.2. The summed E-state index contributed by atoms with van der Waals surface area (Å²) in [6.07, 6.45) is 5.66. The van der Waals surface area contributed by atoms with Gasteiger partial charge in [0.1, 0.15) is 5.82 Å². The summed E-state index contributed by atoms with van der Waals surface area (Å²) in [7, 11) is 1.77. The van der Waals surface area contributed by atoms with Crippen LogP contribution in [0.4, 0.5) is 0 Å². The number of rotatable bonds is 9. The van der Waals surface area contributed by atoms with Crippen LogP contribution in [0.1, 0.15) is 62.4 Å². The molecule has 1 aromatic rings. The Morgan fingerprint density at radius 3 is 2.75 bits per heavy atom. The third-order valence-corrected chi connectivity index (χ3v) is 4.38. The number of nitrogens with zero attached hydrogens (tertiary/aromatic N) is 4. The average molecular weight is 335 g/mol. The number of hydrogen-bond donors (Lipinski definition) is 1. The summed E-state index contributed by atoms with van der Waals surface area (Å²) in [5.74, 6) is 1.90. The Bertz CT molecular complexity index is 567. The molecule has 7 heteroatoms. The molecule has 0 radical (unpaired) electrons. The van der Waals surface area contributed by atoms with Crippen LogP contribution < -0.4 is 5.32 Å². The summed E-state index contributed by atoms with van der Waals surface area (Å²) in [6.45, 7) is 6.36. The van der Waals surface area contributed by atoms with Crippen LogP contribution >= 0.6 is 0 Å². The largest absolute Gasteiger partial charge is 0.356 e.